The molecule has 6 rings (SSSR count). The quantitative estimate of drug-likeness (QED) is 0.238. The molecule has 0 aliphatic heterocycles. The van der Waals surface area contributed by atoms with Gasteiger partial charge in [0.2, 0.25) is 0 Å². The van der Waals surface area contributed by atoms with E-state index in [1.165, 1.54) is 11.1 Å². The standard InChI is InChI=1S/C36H34N2O/c1-35(2,3)24-12-16-26(17-13-24)38(27-18-14-25(15-19-27)36(4,5)6)31-22-37-21-30-29-20-23-10-8-7-9-11-28(23)32(29)34(39)33(30)31/h7-22H,1-6H3. The van der Waals surface area contributed by atoms with Gasteiger partial charge in [-0.25, -0.2) is 0 Å². The molecule has 39 heavy (non-hydrogen) atoms. The molecule has 0 amide bonds. The van der Waals surface area contributed by atoms with Gasteiger partial charge in [-0.3, -0.25) is 9.78 Å². The summed E-state index contributed by atoms with van der Waals surface area (Å²) in [6.07, 6.45) is 3.67. The first kappa shape index (κ1) is 25.1. The van der Waals surface area contributed by atoms with E-state index in [2.05, 4.69) is 112 Å². The van der Waals surface area contributed by atoms with Crippen molar-refractivity contribution in [2.75, 3.05) is 4.90 Å². The van der Waals surface area contributed by atoms with Crippen LogP contribution in [0.5, 0.6) is 0 Å². The number of rotatable bonds is 3. The number of hydrogen-bond donors (Lipinski definition) is 0. The predicted octanol–water partition coefficient (Wildman–Crippen LogP) is 9.46. The van der Waals surface area contributed by atoms with Gasteiger partial charge >= 0.3 is 0 Å². The maximum Gasteiger partial charge on any atom is 0.197 e. The van der Waals surface area contributed by atoms with E-state index in [9.17, 15) is 4.79 Å². The molecule has 0 fully saturated rings. The van der Waals surface area contributed by atoms with E-state index >= 15 is 0 Å². The number of nitrogens with zero attached hydrogens (tertiary/aromatic N) is 2. The summed E-state index contributed by atoms with van der Waals surface area (Å²) in [5.41, 5.74) is 10.8. The zero-order chi connectivity index (χ0) is 27.5. The highest BCUT2D eigenvalue weighted by Crippen LogP contribution is 2.49. The minimum absolute atomic E-state index is 0.0489. The Balaban J connectivity index is 1.55. The van der Waals surface area contributed by atoms with Gasteiger partial charge in [0.25, 0.3) is 0 Å². The van der Waals surface area contributed by atoms with E-state index in [0.717, 1.165) is 44.9 Å². The van der Waals surface area contributed by atoms with Gasteiger partial charge in [0.05, 0.1) is 17.4 Å². The van der Waals surface area contributed by atoms with Gasteiger partial charge in [-0.15, -0.1) is 0 Å². The molecule has 2 aromatic carbocycles. The summed E-state index contributed by atoms with van der Waals surface area (Å²) in [5, 5.41) is 0. The number of ketones is 1. The summed E-state index contributed by atoms with van der Waals surface area (Å²) < 4.78 is 0. The van der Waals surface area contributed by atoms with Crippen molar-refractivity contribution in [3.63, 3.8) is 0 Å². The number of carbonyl (C=O) groups excluding carboxylic acids is 1. The van der Waals surface area contributed by atoms with Crippen molar-refractivity contribution in [3.05, 3.63) is 120 Å². The van der Waals surface area contributed by atoms with Crippen LogP contribution in [0.4, 0.5) is 17.1 Å². The summed E-state index contributed by atoms with van der Waals surface area (Å²) in [7, 11) is 0. The molecule has 1 heterocycles. The Labute approximate surface area is 231 Å². The van der Waals surface area contributed by atoms with Crippen molar-refractivity contribution in [2.45, 2.75) is 52.4 Å². The second-order valence-corrected chi connectivity index (χ2v) is 12.6. The van der Waals surface area contributed by atoms with Gasteiger partial charge < -0.3 is 4.90 Å². The Morgan fingerprint density at radius 3 is 1.72 bits per heavy atom. The molecule has 1 aromatic heterocycles. The fourth-order valence-corrected chi connectivity index (χ4v) is 5.58. The van der Waals surface area contributed by atoms with Crippen molar-refractivity contribution < 1.29 is 4.79 Å². The zero-order valence-corrected chi connectivity index (χ0v) is 23.5. The van der Waals surface area contributed by atoms with Crippen LogP contribution in [0.15, 0.2) is 97.3 Å². The molecule has 0 bridgehead atoms. The van der Waals surface area contributed by atoms with Gasteiger partial charge in [-0.1, -0.05) is 96.1 Å². The van der Waals surface area contributed by atoms with E-state index in [4.69, 9.17) is 0 Å². The van der Waals surface area contributed by atoms with Crippen LogP contribution >= 0.6 is 0 Å². The molecule has 3 aliphatic carbocycles. The summed E-state index contributed by atoms with van der Waals surface area (Å²) in [6, 6.07) is 29.6. The monoisotopic (exact) mass is 510 g/mol. The number of hydrogen-bond acceptors (Lipinski definition) is 3. The maximum absolute atomic E-state index is 14.2. The highest BCUT2D eigenvalue weighted by molar-refractivity contribution is 6.28. The lowest BCUT2D eigenvalue weighted by Crippen LogP contribution is -2.16. The molecule has 0 N–H and O–H groups in total. The fraction of sp³-hybridized carbons (Fsp3) is 0.222. The SMILES string of the molecule is CC(C)(C)c1ccc(N(c2ccc(C(C)(C)C)cc2)c2cncc3c2C(=O)c2c4cccccc-4cc2-3)cc1. The van der Waals surface area contributed by atoms with Crippen LogP contribution in [0.1, 0.15) is 68.6 Å². The highest BCUT2D eigenvalue weighted by atomic mass is 16.1. The smallest absolute Gasteiger partial charge is 0.197 e. The van der Waals surface area contributed by atoms with Crippen LogP contribution in [0, 0.1) is 0 Å². The Hall–Kier alpha value is -4.24. The van der Waals surface area contributed by atoms with E-state index in [1.54, 1.807) is 0 Å². The maximum atomic E-state index is 14.2. The van der Waals surface area contributed by atoms with Gasteiger partial charge in [-0.05, 0) is 69.0 Å². The molecular formula is C36H34N2O. The van der Waals surface area contributed by atoms with E-state index < -0.39 is 0 Å². The molecule has 0 spiro atoms. The van der Waals surface area contributed by atoms with Gasteiger partial charge in [0.1, 0.15) is 0 Å². The molecule has 3 aliphatic rings. The number of carbonyl (C=O) groups is 1. The van der Waals surface area contributed by atoms with E-state index in [1.807, 2.05) is 36.7 Å². The third-order valence-electron chi connectivity index (χ3n) is 7.80. The lowest BCUT2D eigenvalue weighted by molar-refractivity contribution is 0.104. The normalized spacial score (nSPS) is 12.9. The van der Waals surface area contributed by atoms with Gasteiger partial charge in [0.15, 0.2) is 5.78 Å². The summed E-state index contributed by atoms with van der Waals surface area (Å²) in [5.74, 6) is 0.0567. The Morgan fingerprint density at radius 1 is 0.590 bits per heavy atom. The molecular weight excluding hydrogens is 476 g/mol. The molecule has 0 saturated heterocycles. The van der Waals surface area contributed by atoms with Crippen molar-refractivity contribution >= 4 is 22.8 Å². The number of aromatic nitrogens is 1. The van der Waals surface area contributed by atoms with Crippen LogP contribution < -0.4 is 4.90 Å². The van der Waals surface area contributed by atoms with Crippen molar-refractivity contribution in [1.82, 2.24) is 4.98 Å². The largest absolute Gasteiger partial charge is 0.308 e. The number of fused-ring (bicyclic) bond motifs is 5. The third kappa shape index (κ3) is 4.23. The average molecular weight is 511 g/mol. The van der Waals surface area contributed by atoms with Crippen molar-refractivity contribution in [3.8, 4) is 22.3 Å². The first-order chi connectivity index (χ1) is 18.5. The molecule has 0 radical (unpaired) electrons. The molecule has 3 heteroatoms. The van der Waals surface area contributed by atoms with Crippen LogP contribution in [0.2, 0.25) is 0 Å². The zero-order valence-electron chi connectivity index (χ0n) is 23.5. The van der Waals surface area contributed by atoms with E-state index in [-0.39, 0.29) is 16.6 Å². The van der Waals surface area contributed by atoms with Crippen LogP contribution in [-0.2, 0) is 10.8 Å². The Morgan fingerprint density at radius 2 is 1.15 bits per heavy atom. The van der Waals surface area contributed by atoms with Crippen LogP contribution in [-0.4, -0.2) is 10.8 Å². The lowest BCUT2D eigenvalue weighted by Gasteiger charge is -2.29. The van der Waals surface area contributed by atoms with E-state index in [0.29, 0.717) is 5.56 Å². The third-order valence-corrected chi connectivity index (χ3v) is 7.80. The highest BCUT2D eigenvalue weighted by Gasteiger charge is 2.36. The lowest BCUT2D eigenvalue weighted by atomic mass is 9.86. The number of anilines is 3. The van der Waals surface area contributed by atoms with Crippen molar-refractivity contribution in [1.29, 1.82) is 0 Å². The minimum Gasteiger partial charge on any atom is -0.308 e. The topological polar surface area (TPSA) is 33.2 Å². The predicted molar refractivity (Wildman–Crippen MR) is 162 cm³/mol. The minimum atomic E-state index is 0.0489. The first-order valence-corrected chi connectivity index (χ1v) is 13.6. The Bertz CT molecular complexity index is 1610. The summed E-state index contributed by atoms with van der Waals surface area (Å²) >= 11 is 0. The Kier molecular flexibility index (Phi) is 5.73. The van der Waals surface area contributed by atoms with Crippen LogP contribution in [0.25, 0.3) is 22.3 Å². The summed E-state index contributed by atoms with van der Waals surface area (Å²) in [6.45, 7) is 13.3. The van der Waals surface area contributed by atoms with Gasteiger partial charge in [-0.2, -0.15) is 0 Å². The molecule has 3 nitrogen and oxygen atoms in total. The van der Waals surface area contributed by atoms with Crippen molar-refractivity contribution in [2.24, 2.45) is 0 Å². The average Bonchev–Trinajstić information content (AvgIpc) is 3.28. The second kappa shape index (κ2) is 8.91. The molecule has 0 atom stereocenters. The number of benzene rings is 2. The number of pyridine rings is 1. The molecule has 0 saturated carbocycles. The fourth-order valence-electron chi connectivity index (χ4n) is 5.58. The molecule has 0 unspecified atom stereocenters. The van der Waals surface area contributed by atoms with Crippen LogP contribution in [0.3, 0.4) is 0 Å². The van der Waals surface area contributed by atoms with Gasteiger partial charge in [0, 0.05) is 28.7 Å². The summed E-state index contributed by atoms with van der Waals surface area (Å²) in [4.78, 5) is 21.0. The second-order valence-electron chi connectivity index (χ2n) is 12.6. The molecule has 194 valence electrons. The molecule has 3 aromatic rings. The first-order valence-electron chi connectivity index (χ1n) is 13.6.